The van der Waals surface area contributed by atoms with Crippen molar-refractivity contribution in [1.82, 2.24) is 9.80 Å². The van der Waals surface area contributed by atoms with E-state index in [2.05, 4.69) is 5.32 Å². The second-order valence-electron chi connectivity index (χ2n) is 4.77. The average Bonchev–Trinajstić information content (AvgIpc) is 2.46. The molecular weight excluding hydrogens is 270 g/mol. The number of carbonyl (C=O) groups is 2. The summed E-state index contributed by atoms with van der Waals surface area (Å²) in [6.07, 6.45) is -0.486. The summed E-state index contributed by atoms with van der Waals surface area (Å²) in [5.74, 6) is 0.205. The molecule has 0 aliphatic heterocycles. The van der Waals surface area contributed by atoms with E-state index in [1.165, 1.54) is 4.90 Å². The number of rotatable bonds is 6. The first-order valence-electron chi connectivity index (χ1n) is 6.98. The van der Waals surface area contributed by atoms with Crippen LogP contribution in [-0.4, -0.2) is 55.5 Å². The number of amides is 2. The zero-order valence-corrected chi connectivity index (χ0v) is 13.0. The van der Waals surface area contributed by atoms with E-state index in [1.54, 1.807) is 38.4 Å². The molecule has 21 heavy (non-hydrogen) atoms. The van der Waals surface area contributed by atoms with Gasteiger partial charge in [0.1, 0.15) is 0 Å². The third-order valence-electron chi connectivity index (χ3n) is 2.99. The van der Waals surface area contributed by atoms with Crippen LogP contribution >= 0.6 is 0 Å². The lowest BCUT2D eigenvalue weighted by Gasteiger charge is -2.18. The highest BCUT2D eigenvalue weighted by Crippen LogP contribution is 2.24. The summed E-state index contributed by atoms with van der Waals surface area (Å²) in [6.45, 7) is 5.93. The quantitative estimate of drug-likeness (QED) is 0.871. The number of para-hydroxylation sites is 2. The highest BCUT2D eigenvalue weighted by Gasteiger charge is 2.13. The third kappa shape index (κ3) is 5.43. The largest absolute Gasteiger partial charge is 0.414 e. The topological polar surface area (TPSA) is 61.9 Å². The maximum absolute atomic E-state index is 12.0. The van der Waals surface area contributed by atoms with Gasteiger partial charge in [-0.25, -0.2) is 4.79 Å². The van der Waals surface area contributed by atoms with Crippen LogP contribution in [0.25, 0.3) is 0 Å². The molecule has 0 atom stereocenters. The first kappa shape index (κ1) is 17.0. The summed E-state index contributed by atoms with van der Waals surface area (Å²) in [5.41, 5.74) is 0.491. The summed E-state index contributed by atoms with van der Waals surface area (Å²) >= 11 is 0. The van der Waals surface area contributed by atoms with Crippen molar-refractivity contribution in [3.63, 3.8) is 0 Å². The summed E-state index contributed by atoms with van der Waals surface area (Å²) in [5, 5.41) is 2.78. The van der Waals surface area contributed by atoms with Crippen LogP contribution in [0.1, 0.15) is 13.8 Å². The molecule has 116 valence electrons. The number of likely N-dealkylation sites (N-methyl/N-ethyl adjacent to an activating group) is 1. The van der Waals surface area contributed by atoms with Gasteiger partial charge in [-0.3, -0.25) is 9.69 Å². The van der Waals surface area contributed by atoms with Crippen LogP contribution in [0, 0.1) is 0 Å². The molecule has 0 aromatic heterocycles. The Hall–Kier alpha value is -2.08. The standard InChI is InChI=1S/C15H23N3O3/c1-5-18(6-2)11-14(19)16-12-9-7-8-10-13(12)21-15(20)17(3)4/h7-10H,5-6,11H2,1-4H3,(H,16,19). The minimum absolute atomic E-state index is 0.132. The van der Waals surface area contributed by atoms with Gasteiger partial charge in [0.05, 0.1) is 12.2 Å². The Labute approximate surface area is 125 Å². The van der Waals surface area contributed by atoms with Gasteiger partial charge in [0.15, 0.2) is 5.75 Å². The van der Waals surface area contributed by atoms with E-state index in [-0.39, 0.29) is 5.91 Å². The van der Waals surface area contributed by atoms with Crippen LogP contribution in [-0.2, 0) is 4.79 Å². The zero-order valence-electron chi connectivity index (χ0n) is 13.0. The lowest BCUT2D eigenvalue weighted by molar-refractivity contribution is -0.117. The van der Waals surface area contributed by atoms with E-state index in [0.29, 0.717) is 18.0 Å². The van der Waals surface area contributed by atoms with Crippen molar-refractivity contribution in [3.8, 4) is 5.75 Å². The molecule has 1 aromatic carbocycles. The highest BCUT2D eigenvalue weighted by atomic mass is 16.6. The Kier molecular flexibility index (Phi) is 6.68. The minimum Gasteiger partial charge on any atom is -0.408 e. The van der Waals surface area contributed by atoms with Gasteiger partial charge in [0, 0.05) is 14.1 Å². The fraction of sp³-hybridized carbons (Fsp3) is 0.467. The number of hydrogen-bond acceptors (Lipinski definition) is 4. The van der Waals surface area contributed by atoms with Crippen molar-refractivity contribution in [1.29, 1.82) is 0 Å². The summed E-state index contributed by atoms with van der Waals surface area (Å²) < 4.78 is 5.22. The molecule has 0 fully saturated rings. The van der Waals surface area contributed by atoms with Crippen molar-refractivity contribution in [2.75, 3.05) is 39.0 Å². The molecule has 6 heteroatoms. The molecule has 0 aliphatic rings. The van der Waals surface area contributed by atoms with Crippen molar-refractivity contribution < 1.29 is 14.3 Å². The fourth-order valence-electron chi connectivity index (χ4n) is 1.68. The second-order valence-corrected chi connectivity index (χ2v) is 4.77. The third-order valence-corrected chi connectivity index (χ3v) is 2.99. The maximum Gasteiger partial charge on any atom is 0.414 e. The Balaban J connectivity index is 2.75. The fourth-order valence-corrected chi connectivity index (χ4v) is 1.68. The maximum atomic E-state index is 12.0. The van der Waals surface area contributed by atoms with Crippen molar-refractivity contribution in [2.45, 2.75) is 13.8 Å². The van der Waals surface area contributed by atoms with Gasteiger partial charge in [-0.2, -0.15) is 0 Å². The predicted octanol–water partition coefficient (Wildman–Crippen LogP) is 2.03. The zero-order chi connectivity index (χ0) is 15.8. The number of ether oxygens (including phenoxy) is 1. The number of benzene rings is 1. The van der Waals surface area contributed by atoms with Gasteiger partial charge in [0.2, 0.25) is 5.91 Å². The van der Waals surface area contributed by atoms with E-state index >= 15 is 0 Å². The molecule has 0 saturated heterocycles. The van der Waals surface area contributed by atoms with Gasteiger partial charge in [-0.1, -0.05) is 26.0 Å². The van der Waals surface area contributed by atoms with Crippen LogP contribution in [0.2, 0.25) is 0 Å². The van der Waals surface area contributed by atoms with E-state index < -0.39 is 6.09 Å². The smallest absolute Gasteiger partial charge is 0.408 e. The molecule has 1 aromatic rings. The summed E-state index contributed by atoms with van der Waals surface area (Å²) in [6, 6.07) is 6.88. The van der Waals surface area contributed by atoms with Crippen LogP contribution in [0.4, 0.5) is 10.5 Å². The van der Waals surface area contributed by atoms with Gasteiger partial charge in [-0.15, -0.1) is 0 Å². The minimum atomic E-state index is -0.486. The normalized spacial score (nSPS) is 10.3. The molecular formula is C15H23N3O3. The van der Waals surface area contributed by atoms with Crippen LogP contribution in [0.3, 0.4) is 0 Å². The van der Waals surface area contributed by atoms with Crippen molar-refractivity contribution >= 4 is 17.7 Å². The second kappa shape index (κ2) is 8.26. The first-order valence-corrected chi connectivity index (χ1v) is 6.98. The molecule has 0 saturated carbocycles. The SMILES string of the molecule is CCN(CC)CC(=O)Nc1ccccc1OC(=O)N(C)C. The van der Waals surface area contributed by atoms with Crippen molar-refractivity contribution in [2.24, 2.45) is 0 Å². The molecule has 2 amide bonds. The van der Waals surface area contributed by atoms with Crippen LogP contribution < -0.4 is 10.1 Å². The molecule has 0 spiro atoms. The van der Waals surface area contributed by atoms with Crippen molar-refractivity contribution in [3.05, 3.63) is 24.3 Å². The van der Waals surface area contributed by atoms with Crippen LogP contribution in [0.15, 0.2) is 24.3 Å². The number of carbonyl (C=O) groups excluding carboxylic acids is 2. The summed E-state index contributed by atoms with van der Waals surface area (Å²) in [7, 11) is 3.20. The number of nitrogens with zero attached hydrogens (tertiary/aromatic N) is 2. The van der Waals surface area contributed by atoms with Gasteiger partial charge < -0.3 is 15.0 Å². The molecule has 0 heterocycles. The molecule has 1 N–H and O–H groups in total. The monoisotopic (exact) mass is 293 g/mol. The number of anilines is 1. The van der Waals surface area contributed by atoms with E-state index in [9.17, 15) is 9.59 Å². The van der Waals surface area contributed by atoms with Crippen LogP contribution in [0.5, 0.6) is 5.75 Å². The van der Waals surface area contributed by atoms with Gasteiger partial charge in [-0.05, 0) is 25.2 Å². The number of hydrogen-bond donors (Lipinski definition) is 1. The Morgan fingerprint density at radius 1 is 1.14 bits per heavy atom. The predicted molar refractivity (Wildman–Crippen MR) is 82.6 cm³/mol. The Morgan fingerprint density at radius 3 is 2.33 bits per heavy atom. The molecule has 0 bridgehead atoms. The highest BCUT2D eigenvalue weighted by molar-refractivity contribution is 5.94. The molecule has 0 unspecified atom stereocenters. The van der Waals surface area contributed by atoms with Gasteiger partial charge >= 0.3 is 6.09 Å². The first-order chi connectivity index (χ1) is 9.97. The Bertz CT molecular complexity index is 485. The van der Waals surface area contributed by atoms with E-state index in [0.717, 1.165) is 13.1 Å². The van der Waals surface area contributed by atoms with Gasteiger partial charge in [0.25, 0.3) is 0 Å². The lowest BCUT2D eigenvalue weighted by atomic mass is 10.3. The van der Waals surface area contributed by atoms with E-state index in [1.807, 2.05) is 18.7 Å². The molecule has 0 radical (unpaired) electrons. The molecule has 0 aliphatic carbocycles. The number of nitrogens with one attached hydrogen (secondary N) is 1. The molecule has 1 rings (SSSR count). The lowest BCUT2D eigenvalue weighted by Crippen LogP contribution is -2.33. The summed E-state index contributed by atoms with van der Waals surface area (Å²) in [4.78, 5) is 26.9. The molecule has 6 nitrogen and oxygen atoms in total. The Morgan fingerprint density at radius 2 is 1.76 bits per heavy atom. The average molecular weight is 293 g/mol. The van der Waals surface area contributed by atoms with E-state index in [4.69, 9.17) is 4.74 Å².